The summed E-state index contributed by atoms with van der Waals surface area (Å²) in [5.41, 5.74) is 3.47. The number of carbonyl (C=O) groups is 1. The van der Waals surface area contributed by atoms with Gasteiger partial charge in [-0.2, -0.15) is 4.98 Å². The lowest BCUT2D eigenvalue weighted by atomic mass is 9.88. The average Bonchev–Trinajstić information content (AvgIpc) is 2.93. The number of amides is 1. The third-order valence-corrected chi connectivity index (χ3v) is 6.93. The molecule has 0 atom stereocenters. The molecule has 0 bridgehead atoms. The standard InChI is InChI=1S/C27H31ClN6O2/c28-22-18-29-27(30-20-10-12-21(13-11-20)34-14-16-36-17-15-34)33-25(22)31-23-8-4-5-9-24(23)32-26(35)19-6-2-1-3-7-19/h4-5,8-13,18-19H,1-3,6-7,14-17H2,(H,32,35)(H2,29,30,31,33). The van der Waals surface area contributed by atoms with Crippen molar-refractivity contribution in [1.82, 2.24) is 9.97 Å². The molecule has 3 N–H and O–H groups in total. The predicted octanol–water partition coefficient (Wildman–Crippen LogP) is 5.97. The third kappa shape index (κ3) is 6.06. The lowest BCUT2D eigenvalue weighted by Gasteiger charge is -2.28. The summed E-state index contributed by atoms with van der Waals surface area (Å²) < 4.78 is 5.43. The molecule has 1 aliphatic heterocycles. The van der Waals surface area contributed by atoms with E-state index in [2.05, 4.69) is 43.0 Å². The van der Waals surface area contributed by atoms with Gasteiger partial charge in [0, 0.05) is 30.4 Å². The number of carbonyl (C=O) groups excluding carboxylic acids is 1. The van der Waals surface area contributed by atoms with E-state index in [1.165, 1.54) is 6.42 Å². The monoisotopic (exact) mass is 506 g/mol. The molecule has 1 saturated heterocycles. The number of rotatable bonds is 7. The number of nitrogens with zero attached hydrogens (tertiary/aromatic N) is 3. The number of nitrogens with one attached hydrogen (secondary N) is 3. The van der Waals surface area contributed by atoms with Crippen molar-refractivity contribution >= 4 is 52.0 Å². The Labute approximate surface area is 216 Å². The Morgan fingerprint density at radius 2 is 1.67 bits per heavy atom. The summed E-state index contributed by atoms with van der Waals surface area (Å²) in [6, 6.07) is 15.7. The highest BCUT2D eigenvalue weighted by Crippen LogP contribution is 2.31. The van der Waals surface area contributed by atoms with Crippen molar-refractivity contribution < 1.29 is 9.53 Å². The SMILES string of the molecule is O=C(Nc1ccccc1Nc1nc(Nc2ccc(N3CCOCC3)cc2)ncc1Cl)C1CCCCC1. The van der Waals surface area contributed by atoms with Crippen LogP contribution in [0.3, 0.4) is 0 Å². The molecule has 0 radical (unpaired) electrons. The second-order valence-electron chi connectivity index (χ2n) is 9.16. The van der Waals surface area contributed by atoms with Gasteiger partial charge in [0.15, 0.2) is 5.82 Å². The van der Waals surface area contributed by atoms with E-state index in [9.17, 15) is 4.79 Å². The third-order valence-electron chi connectivity index (χ3n) is 6.66. The van der Waals surface area contributed by atoms with E-state index in [1.807, 2.05) is 36.4 Å². The molecule has 2 heterocycles. The summed E-state index contributed by atoms with van der Waals surface area (Å²) in [4.78, 5) is 24.0. The van der Waals surface area contributed by atoms with Crippen LogP contribution in [0.25, 0.3) is 0 Å². The highest BCUT2D eigenvalue weighted by atomic mass is 35.5. The van der Waals surface area contributed by atoms with Crippen LogP contribution in [0.1, 0.15) is 32.1 Å². The summed E-state index contributed by atoms with van der Waals surface area (Å²) in [7, 11) is 0. The van der Waals surface area contributed by atoms with Crippen LogP contribution >= 0.6 is 11.6 Å². The van der Waals surface area contributed by atoms with E-state index in [0.29, 0.717) is 22.5 Å². The number of hydrogen-bond acceptors (Lipinski definition) is 7. The van der Waals surface area contributed by atoms with E-state index < -0.39 is 0 Å². The molecule has 1 aromatic heterocycles. The largest absolute Gasteiger partial charge is 0.378 e. The molecule has 9 heteroatoms. The van der Waals surface area contributed by atoms with Crippen LogP contribution in [0.5, 0.6) is 0 Å². The molecule has 2 aliphatic rings. The first kappa shape index (κ1) is 24.3. The summed E-state index contributed by atoms with van der Waals surface area (Å²) in [6.07, 6.45) is 6.89. The van der Waals surface area contributed by atoms with Crippen LogP contribution in [0.15, 0.2) is 54.7 Å². The maximum atomic E-state index is 12.8. The summed E-state index contributed by atoms with van der Waals surface area (Å²) >= 11 is 6.42. The number of morpholine rings is 1. The quantitative estimate of drug-likeness (QED) is 0.363. The van der Waals surface area contributed by atoms with Crippen LogP contribution in [-0.2, 0) is 9.53 Å². The molecular formula is C27H31ClN6O2. The Morgan fingerprint density at radius 1 is 0.944 bits per heavy atom. The second-order valence-corrected chi connectivity index (χ2v) is 9.56. The molecule has 8 nitrogen and oxygen atoms in total. The number of aromatic nitrogens is 2. The zero-order valence-electron chi connectivity index (χ0n) is 20.2. The van der Waals surface area contributed by atoms with Gasteiger partial charge in [-0.15, -0.1) is 0 Å². The van der Waals surface area contributed by atoms with Gasteiger partial charge in [-0.3, -0.25) is 4.79 Å². The number of anilines is 6. The highest BCUT2D eigenvalue weighted by molar-refractivity contribution is 6.33. The van der Waals surface area contributed by atoms with Gasteiger partial charge in [0.1, 0.15) is 5.02 Å². The van der Waals surface area contributed by atoms with Crippen molar-refractivity contribution in [1.29, 1.82) is 0 Å². The first-order valence-corrected chi connectivity index (χ1v) is 12.9. The van der Waals surface area contributed by atoms with Crippen molar-refractivity contribution in [2.75, 3.05) is 47.2 Å². The number of hydrogen-bond donors (Lipinski definition) is 3. The van der Waals surface area contributed by atoms with Crippen molar-refractivity contribution in [3.8, 4) is 0 Å². The first-order chi connectivity index (χ1) is 17.7. The van der Waals surface area contributed by atoms with E-state index in [4.69, 9.17) is 16.3 Å². The molecule has 1 amide bonds. The zero-order valence-corrected chi connectivity index (χ0v) is 20.9. The minimum atomic E-state index is 0.0693. The van der Waals surface area contributed by atoms with Crippen molar-refractivity contribution in [3.63, 3.8) is 0 Å². The second kappa shape index (κ2) is 11.6. The van der Waals surface area contributed by atoms with Crippen molar-refractivity contribution in [3.05, 3.63) is 59.8 Å². The number of ether oxygens (including phenoxy) is 1. The van der Waals surface area contributed by atoms with E-state index >= 15 is 0 Å². The maximum Gasteiger partial charge on any atom is 0.229 e. The highest BCUT2D eigenvalue weighted by Gasteiger charge is 2.22. The lowest BCUT2D eigenvalue weighted by Crippen LogP contribution is -2.36. The minimum Gasteiger partial charge on any atom is -0.378 e. The van der Waals surface area contributed by atoms with Gasteiger partial charge in [-0.05, 0) is 49.2 Å². The number of para-hydroxylation sites is 2. The van der Waals surface area contributed by atoms with Crippen LogP contribution in [0, 0.1) is 5.92 Å². The van der Waals surface area contributed by atoms with Gasteiger partial charge in [0.05, 0.1) is 30.8 Å². The fourth-order valence-corrected chi connectivity index (χ4v) is 4.79. The van der Waals surface area contributed by atoms with Gasteiger partial charge in [-0.1, -0.05) is 43.0 Å². The molecule has 1 aliphatic carbocycles. The predicted molar refractivity (Wildman–Crippen MR) is 145 cm³/mol. The molecule has 0 unspecified atom stereocenters. The fraction of sp³-hybridized carbons (Fsp3) is 0.370. The van der Waals surface area contributed by atoms with Gasteiger partial charge < -0.3 is 25.6 Å². The Bertz CT molecular complexity index is 1180. The maximum absolute atomic E-state index is 12.8. The minimum absolute atomic E-state index is 0.0693. The van der Waals surface area contributed by atoms with E-state index in [0.717, 1.165) is 69.0 Å². The number of benzene rings is 2. The lowest BCUT2D eigenvalue weighted by molar-refractivity contribution is -0.120. The molecule has 2 aromatic carbocycles. The molecule has 5 rings (SSSR count). The van der Waals surface area contributed by atoms with E-state index in [-0.39, 0.29) is 11.8 Å². The van der Waals surface area contributed by atoms with Gasteiger partial charge in [0.25, 0.3) is 0 Å². The first-order valence-electron chi connectivity index (χ1n) is 12.5. The normalized spacial score (nSPS) is 16.4. The summed E-state index contributed by atoms with van der Waals surface area (Å²) in [5.74, 6) is 1.02. The van der Waals surface area contributed by atoms with Crippen LogP contribution in [-0.4, -0.2) is 42.2 Å². The Kier molecular flexibility index (Phi) is 7.83. The molecule has 1 saturated carbocycles. The molecule has 0 spiro atoms. The van der Waals surface area contributed by atoms with Crippen LogP contribution < -0.4 is 20.9 Å². The summed E-state index contributed by atoms with van der Waals surface area (Å²) in [5, 5.41) is 9.99. The molecule has 36 heavy (non-hydrogen) atoms. The Morgan fingerprint density at radius 3 is 2.42 bits per heavy atom. The Hall–Kier alpha value is -3.36. The zero-order chi connectivity index (χ0) is 24.7. The topological polar surface area (TPSA) is 91.4 Å². The Balaban J connectivity index is 1.27. The molecular weight excluding hydrogens is 476 g/mol. The van der Waals surface area contributed by atoms with Gasteiger partial charge in [0.2, 0.25) is 11.9 Å². The van der Waals surface area contributed by atoms with Gasteiger partial charge >= 0.3 is 0 Å². The van der Waals surface area contributed by atoms with Gasteiger partial charge in [-0.25, -0.2) is 4.98 Å². The molecule has 2 fully saturated rings. The van der Waals surface area contributed by atoms with E-state index in [1.54, 1.807) is 6.20 Å². The smallest absolute Gasteiger partial charge is 0.229 e. The van der Waals surface area contributed by atoms with Crippen LogP contribution in [0.2, 0.25) is 5.02 Å². The number of halogens is 1. The average molecular weight is 507 g/mol. The van der Waals surface area contributed by atoms with Crippen molar-refractivity contribution in [2.24, 2.45) is 5.92 Å². The summed E-state index contributed by atoms with van der Waals surface area (Å²) in [6.45, 7) is 3.29. The van der Waals surface area contributed by atoms with Crippen LogP contribution in [0.4, 0.5) is 34.5 Å². The molecule has 3 aromatic rings. The van der Waals surface area contributed by atoms with Crippen molar-refractivity contribution in [2.45, 2.75) is 32.1 Å². The molecule has 188 valence electrons. The fourth-order valence-electron chi connectivity index (χ4n) is 4.65.